The van der Waals surface area contributed by atoms with Gasteiger partial charge in [-0.3, -0.25) is 0 Å². The van der Waals surface area contributed by atoms with Gasteiger partial charge in [0.2, 0.25) is 5.95 Å². The van der Waals surface area contributed by atoms with E-state index in [1.54, 1.807) is 0 Å². The zero-order valence-electron chi connectivity index (χ0n) is 10.4. The number of nitrogens with one attached hydrogen (secondary N) is 2. The Balaban J connectivity index is 2.07. The second-order valence-electron chi connectivity index (χ2n) is 3.96. The Kier molecular flexibility index (Phi) is 4.15. The molecular formula is C13H15BrN4. The van der Waals surface area contributed by atoms with Crippen LogP contribution >= 0.6 is 15.9 Å². The molecule has 0 aliphatic heterocycles. The van der Waals surface area contributed by atoms with E-state index in [0.717, 1.165) is 22.4 Å². The molecule has 1 aromatic heterocycles. The third-order valence-corrected chi connectivity index (χ3v) is 3.10. The quantitative estimate of drug-likeness (QED) is 0.911. The van der Waals surface area contributed by atoms with Gasteiger partial charge < -0.3 is 10.6 Å². The summed E-state index contributed by atoms with van der Waals surface area (Å²) in [6.45, 7) is 2.73. The molecule has 2 aromatic rings. The molecule has 2 N–H and O–H groups in total. The van der Waals surface area contributed by atoms with Crippen molar-refractivity contribution in [2.24, 2.45) is 0 Å². The van der Waals surface area contributed by atoms with Gasteiger partial charge in [0.1, 0.15) is 5.82 Å². The molecule has 0 saturated carbocycles. The van der Waals surface area contributed by atoms with E-state index >= 15 is 0 Å². The van der Waals surface area contributed by atoms with Gasteiger partial charge >= 0.3 is 0 Å². The lowest BCUT2D eigenvalue weighted by Gasteiger charge is -2.09. The Morgan fingerprint density at radius 1 is 1.22 bits per heavy atom. The van der Waals surface area contributed by atoms with E-state index in [9.17, 15) is 0 Å². The maximum Gasteiger partial charge on any atom is 0.224 e. The average Bonchev–Trinajstić information content (AvgIpc) is 2.40. The van der Waals surface area contributed by atoms with Gasteiger partial charge in [-0.2, -0.15) is 4.98 Å². The highest BCUT2D eigenvalue weighted by Crippen LogP contribution is 2.15. The second-order valence-corrected chi connectivity index (χ2v) is 4.87. The zero-order chi connectivity index (χ0) is 13.0. The lowest BCUT2D eigenvalue weighted by molar-refractivity contribution is 1.06. The Hall–Kier alpha value is -1.62. The van der Waals surface area contributed by atoms with E-state index in [1.807, 2.05) is 32.3 Å². The lowest BCUT2D eigenvalue weighted by Crippen LogP contribution is -2.06. The van der Waals surface area contributed by atoms with Crippen LogP contribution in [0.15, 0.2) is 34.9 Å². The van der Waals surface area contributed by atoms with Gasteiger partial charge in [0.05, 0.1) is 0 Å². The summed E-state index contributed by atoms with van der Waals surface area (Å²) in [4.78, 5) is 8.54. The van der Waals surface area contributed by atoms with Gasteiger partial charge in [-0.1, -0.05) is 28.1 Å². The number of aromatic nitrogens is 2. The van der Waals surface area contributed by atoms with Crippen LogP contribution in [0.4, 0.5) is 11.8 Å². The van der Waals surface area contributed by atoms with Crippen LogP contribution in [0.5, 0.6) is 0 Å². The van der Waals surface area contributed by atoms with Crippen LogP contribution in [0.2, 0.25) is 0 Å². The number of aryl methyl sites for hydroxylation is 1. The Bertz CT molecular complexity index is 525. The molecule has 0 fully saturated rings. The molecule has 0 unspecified atom stereocenters. The maximum atomic E-state index is 4.38. The minimum Gasteiger partial charge on any atom is -0.366 e. The van der Waals surface area contributed by atoms with Crippen molar-refractivity contribution in [3.8, 4) is 0 Å². The number of halogens is 1. The van der Waals surface area contributed by atoms with Gasteiger partial charge in [0, 0.05) is 29.8 Å². The highest BCUT2D eigenvalue weighted by molar-refractivity contribution is 9.10. The molecule has 0 aliphatic carbocycles. The van der Waals surface area contributed by atoms with Crippen LogP contribution in [0.1, 0.15) is 11.1 Å². The minimum atomic E-state index is 0.624. The van der Waals surface area contributed by atoms with Gasteiger partial charge in [-0.05, 0) is 24.6 Å². The third-order valence-electron chi connectivity index (χ3n) is 2.57. The zero-order valence-corrected chi connectivity index (χ0v) is 12.0. The number of anilines is 2. The van der Waals surface area contributed by atoms with E-state index < -0.39 is 0 Å². The van der Waals surface area contributed by atoms with Crippen LogP contribution < -0.4 is 10.6 Å². The molecule has 1 heterocycles. The van der Waals surface area contributed by atoms with Gasteiger partial charge in [0.15, 0.2) is 0 Å². The first-order chi connectivity index (χ1) is 8.69. The van der Waals surface area contributed by atoms with Crippen molar-refractivity contribution in [3.05, 3.63) is 46.1 Å². The van der Waals surface area contributed by atoms with E-state index in [-0.39, 0.29) is 0 Å². The Morgan fingerprint density at radius 3 is 2.61 bits per heavy atom. The summed E-state index contributed by atoms with van der Waals surface area (Å²) in [5.41, 5.74) is 2.24. The number of rotatable bonds is 4. The highest BCUT2D eigenvalue weighted by Gasteiger charge is 2.02. The summed E-state index contributed by atoms with van der Waals surface area (Å²) in [6.07, 6.45) is 1.81. The molecule has 1 aromatic carbocycles. The maximum absolute atomic E-state index is 4.38. The number of hydrogen-bond donors (Lipinski definition) is 2. The Labute approximate surface area is 115 Å². The molecule has 4 nitrogen and oxygen atoms in total. The van der Waals surface area contributed by atoms with Crippen LogP contribution in [-0.4, -0.2) is 17.0 Å². The van der Waals surface area contributed by atoms with Crippen LogP contribution in [0.25, 0.3) is 0 Å². The van der Waals surface area contributed by atoms with Crippen molar-refractivity contribution in [1.82, 2.24) is 9.97 Å². The summed E-state index contributed by atoms with van der Waals surface area (Å²) in [6, 6.07) is 8.21. The standard InChI is InChI=1S/C13H15BrN4/c1-9-7-17-13(15-2)18-12(9)16-8-10-3-5-11(14)6-4-10/h3-7H,8H2,1-2H3,(H2,15,16,17,18). The van der Waals surface area contributed by atoms with Gasteiger partial charge in [-0.15, -0.1) is 0 Å². The first-order valence-electron chi connectivity index (χ1n) is 5.69. The normalized spacial score (nSPS) is 10.2. The van der Waals surface area contributed by atoms with Crippen molar-refractivity contribution in [1.29, 1.82) is 0 Å². The smallest absolute Gasteiger partial charge is 0.224 e. The van der Waals surface area contributed by atoms with Gasteiger partial charge in [-0.25, -0.2) is 4.98 Å². The van der Waals surface area contributed by atoms with Crippen LogP contribution in [0, 0.1) is 6.92 Å². The number of nitrogens with zero attached hydrogens (tertiary/aromatic N) is 2. The van der Waals surface area contributed by atoms with Crippen molar-refractivity contribution < 1.29 is 0 Å². The average molecular weight is 307 g/mol. The van der Waals surface area contributed by atoms with E-state index in [4.69, 9.17) is 0 Å². The summed E-state index contributed by atoms with van der Waals surface area (Å²) >= 11 is 3.42. The molecule has 0 saturated heterocycles. The van der Waals surface area contributed by atoms with Crippen molar-refractivity contribution in [2.45, 2.75) is 13.5 Å². The van der Waals surface area contributed by atoms with Crippen molar-refractivity contribution in [3.63, 3.8) is 0 Å². The summed E-state index contributed by atoms with van der Waals surface area (Å²) in [5, 5.41) is 6.25. The summed E-state index contributed by atoms with van der Waals surface area (Å²) in [7, 11) is 1.81. The first kappa shape index (κ1) is 12.8. The molecule has 0 spiro atoms. The molecule has 0 aliphatic rings. The fraction of sp³-hybridized carbons (Fsp3) is 0.231. The third kappa shape index (κ3) is 3.20. The topological polar surface area (TPSA) is 49.8 Å². The second kappa shape index (κ2) is 5.82. The molecule has 0 radical (unpaired) electrons. The monoisotopic (exact) mass is 306 g/mol. The molecule has 2 rings (SSSR count). The van der Waals surface area contributed by atoms with Gasteiger partial charge in [0.25, 0.3) is 0 Å². The first-order valence-corrected chi connectivity index (χ1v) is 6.48. The van der Waals surface area contributed by atoms with E-state index in [2.05, 4.69) is 48.7 Å². The molecule has 5 heteroatoms. The lowest BCUT2D eigenvalue weighted by atomic mass is 10.2. The van der Waals surface area contributed by atoms with Crippen molar-refractivity contribution >= 4 is 27.7 Å². The molecule has 0 amide bonds. The summed E-state index contributed by atoms with van der Waals surface area (Å²) < 4.78 is 1.09. The summed E-state index contributed by atoms with van der Waals surface area (Å²) in [5.74, 6) is 1.48. The molecule has 18 heavy (non-hydrogen) atoms. The van der Waals surface area contributed by atoms with E-state index in [1.165, 1.54) is 5.56 Å². The van der Waals surface area contributed by atoms with Crippen LogP contribution in [0.3, 0.4) is 0 Å². The van der Waals surface area contributed by atoms with Crippen molar-refractivity contribution in [2.75, 3.05) is 17.7 Å². The molecule has 0 bridgehead atoms. The number of benzene rings is 1. The highest BCUT2D eigenvalue weighted by atomic mass is 79.9. The SMILES string of the molecule is CNc1ncc(C)c(NCc2ccc(Br)cc2)n1. The predicted octanol–water partition coefficient (Wildman–Crippen LogP) is 3.20. The fourth-order valence-corrected chi connectivity index (χ4v) is 1.79. The minimum absolute atomic E-state index is 0.624. The predicted molar refractivity (Wildman–Crippen MR) is 77.8 cm³/mol. The molecule has 94 valence electrons. The van der Waals surface area contributed by atoms with E-state index in [0.29, 0.717) is 5.95 Å². The number of hydrogen-bond acceptors (Lipinski definition) is 4. The largest absolute Gasteiger partial charge is 0.366 e. The molecular weight excluding hydrogens is 292 g/mol. The fourth-order valence-electron chi connectivity index (χ4n) is 1.53. The van der Waals surface area contributed by atoms with Crippen LogP contribution in [-0.2, 0) is 6.54 Å². The Morgan fingerprint density at radius 2 is 1.94 bits per heavy atom. The molecule has 0 atom stereocenters.